The van der Waals surface area contributed by atoms with Gasteiger partial charge in [0.1, 0.15) is 0 Å². The second-order valence-corrected chi connectivity index (χ2v) is 6.28. The highest BCUT2D eigenvalue weighted by Crippen LogP contribution is 2.23. The van der Waals surface area contributed by atoms with Crippen LogP contribution in [0.5, 0.6) is 0 Å². The maximum absolute atomic E-state index is 3.50. The number of nitrogens with zero attached hydrogens (tertiary/aromatic N) is 2. The molecule has 1 aromatic heterocycles. The second kappa shape index (κ2) is 4.95. The lowest BCUT2D eigenvalue weighted by molar-refractivity contribution is 0.266. The Balaban J connectivity index is 1.87. The number of likely N-dealkylation sites (N-methyl/N-ethyl adjacent to an activating group) is 1. The molecule has 0 amide bonds. The molecule has 1 aliphatic heterocycles. The van der Waals surface area contributed by atoms with Gasteiger partial charge in [0.2, 0.25) is 0 Å². The zero-order chi connectivity index (χ0) is 10.8. The molecule has 84 valence electrons. The Hall–Kier alpha value is 0.1000. The summed E-state index contributed by atoms with van der Waals surface area (Å²) < 4.78 is 1.21. The second-order valence-electron chi connectivity index (χ2n) is 4.37. The van der Waals surface area contributed by atoms with E-state index in [1.807, 2.05) is 11.3 Å². The Morgan fingerprint density at radius 2 is 2.40 bits per heavy atom. The summed E-state index contributed by atoms with van der Waals surface area (Å²) >= 11 is 5.34. The molecule has 2 rings (SSSR count). The SMILES string of the molecule is CN(C)C1CCN(Cc2cc(Br)cs2)C1. The molecular weight excluding hydrogens is 272 g/mol. The topological polar surface area (TPSA) is 6.48 Å². The van der Waals surface area contributed by atoms with Crippen molar-refractivity contribution in [1.82, 2.24) is 9.80 Å². The lowest BCUT2D eigenvalue weighted by Gasteiger charge is -2.19. The molecule has 0 aliphatic carbocycles. The fourth-order valence-corrected chi connectivity index (χ4v) is 3.53. The van der Waals surface area contributed by atoms with Gasteiger partial charge in [-0.15, -0.1) is 11.3 Å². The molecule has 0 N–H and O–H groups in total. The summed E-state index contributed by atoms with van der Waals surface area (Å²) in [5, 5.41) is 2.16. The van der Waals surface area contributed by atoms with E-state index < -0.39 is 0 Å². The van der Waals surface area contributed by atoms with Gasteiger partial charge in [-0.2, -0.15) is 0 Å². The van der Waals surface area contributed by atoms with Crippen molar-refractivity contribution in [3.63, 3.8) is 0 Å². The van der Waals surface area contributed by atoms with Crippen LogP contribution in [0.15, 0.2) is 15.9 Å². The zero-order valence-corrected chi connectivity index (χ0v) is 11.6. The average molecular weight is 289 g/mol. The summed E-state index contributed by atoms with van der Waals surface area (Å²) in [4.78, 5) is 6.34. The molecule has 2 nitrogen and oxygen atoms in total. The molecule has 0 radical (unpaired) electrons. The van der Waals surface area contributed by atoms with Gasteiger partial charge in [0, 0.05) is 40.4 Å². The molecule has 1 aliphatic rings. The maximum Gasteiger partial charge on any atom is 0.0328 e. The molecule has 2 heterocycles. The largest absolute Gasteiger partial charge is 0.305 e. The lowest BCUT2D eigenvalue weighted by atomic mass is 10.2. The highest BCUT2D eigenvalue weighted by Gasteiger charge is 2.23. The highest BCUT2D eigenvalue weighted by molar-refractivity contribution is 9.10. The minimum Gasteiger partial charge on any atom is -0.305 e. The van der Waals surface area contributed by atoms with Crippen molar-refractivity contribution in [3.8, 4) is 0 Å². The van der Waals surface area contributed by atoms with Crippen molar-refractivity contribution in [1.29, 1.82) is 0 Å². The zero-order valence-electron chi connectivity index (χ0n) is 9.24. The first-order chi connectivity index (χ1) is 7.15. The van der Waals surface area contributed by atoms with Crippen molar-refractivity contribution in [2.45, 2.75) is 19.0 Å². The number of rotatable bonds is 3. The third-order valence-corrected chi connectivity index (χ3v) is 4.66. The van der Waals surface area contributed by atoms with Crippen molar-refractivity contribution < 1.29 is 0 Å². The quantitative estimate of drug-likeness (QED) is 0.844. The summed E-state index contributed by atoms with van der Waals surface area (Å²) in [5.74, 6) is 0. The minimum absolute atomic E-state index is 0.744. The number of hydrogen-bond donors (Lipinski definition) is 0. The van der Waals surface area contributed by atoms with Crippen LogP contribution in [0.25, 0.3) is 0 Å². The Labute approximate surface area is 104 Å². The smallest absolute Gasteiger partial charge is 0.0328 e. The summed E-state index contributed by atoms with van der Waals surface area (Å²) in [6.45, 7) is 3.56. The van der Waals surface area contributed by atoms with Crippen LogP contribution in [-0.2, 0) is 6.54 Å². The molecular formula is C11H17BrN2S. The van der Waals surface area contributed by atoms with Gasteiger partial charge in [0.15, 0.2) is 0 Å². The van der Waals surface area contributed by atoms with Crippen molar-refractivity contribution in [2.75, 3.05) is 27.2 Å². The van der Waals surface area contributed by atoms with E-state index in [-0.39, 0.29) is 0 Å². The van der Waals surface area contributed by atoms with E-state index in [9.17, 15) is 0 Å². The monoisotopic (exact) mass is 288 g/mol. The van der Waals surface area contributed by atoms with Crippen molar-refractivity contribution in [2.24, 2.45) is 0 Å². The summed E-state index contributed by atoms with van der Waals surface area (Å²) in [6.07, 6.45) is 1.31. The van der Waals surface area contributed by atoms with Crippen molar-refractivity contribution >= 4 is 27.3 Å². The Kier molecular flexibility index (Phi) is 3.83. The van der Waals surface area contributed by atoms with Crippen LogP contribution in [0.3, 0.4) is 0 Å². The first kappa shape index (κ1) is 11.6. The minimum atomic E-state index is 0.744. The number of halogens is 1. The fourth-order valence-electron chi connectivity index (χ4n) is 2.03. The number of likely N-dealkylation sites (tertiary alicyclic amines) is 1. The van der Waals surface area contributed by atoms with Gasteiger partial charge >= 0.3 is 0 Å². The number of hydrogen-bond acceptors (Lipinski definition) is 3. The van der Waals surface area contributed by atoms with Gasteiger partial charge in [-0.25, -0.2) is 0 Å². The molecule has 0 aromatic carbocycles. The van der Waals surface area contributed by atoms with E-state index in [4.69, 9.17) is 0 Å². The van der Waals surface area contributed by atoms with Crippen molar-refractivity contribution in [3.05, 3.63) is 20.8 Å². The third kappa shape index (κ3) is 3.03. The van der Waals surface area contributed by atoms with E-state index >= 15 is 0 Å². The molecule has 1 saturated heterocycles. The van der Waals surface area contributed by atoms with Crippen LogP contribution in [0, 0.1) is 0 Å². The van der Waals surface area contributed by atoms with E-state index in [1.165, 1.54) is 28.9 Å². The van der Waals surface area contributed by atoms with E-state index in [0.29, 0.717) is 0 Å². The molecule has 1 unspecified atom stereocenters. The first-order valence-electron chi connectivity index (χ1n) is 5.27. The van der Waals surface area contributed by atoms with Crippen LogP contribution in [0.4, 0.5) is 0 Å². The summed E-state index contributed by atoms with van der Waals surface area (Å²) in [6, 6.07) is 2.97. The van der Waals surface area contributed by atoms with E-state index in [0.717, 1.165) is 12.6 Å². The Morgan fingerprint density at radius 3 is 2.93 bits per heavy atom. The Morgan fingerprint density at radius 1 is 1.60 bits per heavy atom. The molecule has 1 atom stereocenters. The van der Waals surface area contributed by atoms with Gasteiger partial charge in [-0.1, -0.05) is 0 Å². The van der Waals surface area contributed by atoms with E-state index in [2.05, 4.69) is 51.3 Å². The number of thiophene rings is 1. The first-order valence-corrected chi connectivity index (χ1v) is 6.94. The molecule has 0 spiro atoms. The molecule has 15 heavy (non-hydrogen) atoms. The van der Waals surface area contributed by atoms with Crippen LogP contribution >= 0.6 is 27.3 Å². The summed E-state index contributed by atoms with van der Waals surface area (Å²) in [7, 11) is 4.35. The Bertz CT molecular complexity index is 324. The third-order valence-electron chi connectivity index (χ3n) is 2.98. The highest BCUT2D eigenvalue weighted by atomic mass is 79.9. The van der Waals surface area contributed by atoms with Gasteiger partial charge in [-0.3, -0.25) is 4.90 Å². The fraction of sp³-hybridized carbons (Fsp3) is 0.636. The molecule has 4 heteroatoms. The maximum atomic E-state index is 3.50. The van der Waals surface area contributed by atoms with Gasteiger partial charge in [0.25, 0.3) is 0 Å². The van der Waals surface area contributed by atoms with Gasteiger partial charge in [-0.05, 0) is 42.5 Å². The molecule has 1 fully saturated rings. The van der Waals surface area contributed by atoms with Crippen LogP contribution in [-0.4, -0.2) is 43.0 Å². The standard InChI is InChI=1S/C11H17BrN2S/c1-13(2)10-3-4-14(6-10)7-11-5-9(12)8-15-11/h5,8,10H,3-4,6-7H2,1-2H3. The van der Waals surface area contributed by atoms with Crippen LogP contribution in [0.2, 0.25) is 0 Å². The predicted octanol–water partition coefficient (Wildman–Crippen LogP) is 2.65. The van der Waals surface area contributed by atoms with Gasteiger partial charge < -0.3 is 4.90 Å². The van der Waals surface area contributed by atoms with E-state index in [1.54, 1.807) is 0 Å². The normalized spacial score (nSPS) is 22.8. The average Bonchev–Trinajstić information content (AvgIpc) is 2.76. The summed E-state index contributed by atoms with van der Waals surface area (Å²) in [5.41, 5.74) is 0. The molecule has 0 bridgehead atoms. The predicted molar refractivity (Wildman–Crippen MR) is 69.4 cm³/mol. The lowest BCUT2D eigenvalue weighted by Crippen LogP contribution is -2.31. The van der Waals surface area contributed by atoms with Gasteiger partial charge in [0.05, 0.1) is 0 Å². The van der Waals surface area contributed by atoms with Crippen LogP contribution in [0.1, 0.15) is 11.3 Å². The molecule has 0 saturated carbocycles. The molecule has 1 aromatic rings. The van der Waals surface area contributed by atoms with Crippen LogP contribution < -0.4 is 0 Å².